The number of nitrogens with one attached hydrogen (secondary N) is 1. The van der Waals surface area contributed by atoms with Crippen molar-refractivity contribution in [2.45, 2.75) is 16.2 Å². The Morgan fingerprint density at radius 2 is 2.12 bits per heavy atom. The Bertz CT molecular complexity index is 494. The number of thioether (sulfide) groups is 1. The van der Waals surface area contributed by atoms with E-state index in [1.165, 1.54) is 17.8 Å². The summed E-state index contributed by atoms with van der Waals surface area (Å²) in [4.78, 5) is 0.509. The van der Waals surface area contributed by atoms with E-state index in [1.807, 2.05) is 4.72 Å². The molecule has 1 rings (SSSR count). The van der Waals surface area contributed by atoms with Gasteiger partial charge in [0.1, 0.15) is 0 Å². The van der Waals surface area contributed by atoms with Crippen molar-refractivity contribution in [3.8, 4) is 0 Å². The molecule has 0 atom stereocenters. The highest BCUT2D eigenvalue weighted by Gasteiger charge is 2.19. The van der Waals surface area contributed by atoms with E-state index in [0.29, 0.717) is 4.90 Å². The first-order valence-corrected chi connectivity index (χ1v) is 7.98. The van der Waals surface area contributed by atoms with Crippen molar-refractivity contribution in [3.63, 3.8) is 0 Å². The molecule has 17 heavy (non-hydrogen) atoms. The number of halogens is 3. The minimum Gasteiger partial charge on any atom is -0.209 e. The molecule has 0 aliphatic carbocycles. The zero-order valence-electron chi connectivity index (χ0n) is 8.78. The van der Waals surface area contributed by atoms with Crippen LogP contribution < -0.4 is 4.72 Å². The average molecular weight is 346 g/mol. The van der Waals surface area contributed by atoms with E-state index in [2.05, 4.69) is 15.9 Å². The van der Waals surface area contributed by atoms with Gasteiger partial charge in [0.05, 0.1) is 11.4 Å². The number of sulfonamides is 1. The Hall–Kier alpha value is -0.180. The average Bonchev–Trinajstić information content (AvgIpc) is 2.26. The maximum absolute atomic E-state index is 12.0. The van der Waals surface area contributed by atoms with Crippen molar-refractivity contribution < 1.29 is 17.2 Å². The van der Waals surface area contributed by atoms with Crippen LogP contribution in [0, 0.1) is 0 Å². The summed E-state index contributed by atoms with van der Waals surface area (Å²) in [5, 5.41) is 0. The second-order valence-corrected chi connectivity index (χ2v) is 6.54. The lowest BCUT2D eigenvalue weighted by Crippen LogP contribution is -2.29. The zero-order chi connectivity index (χ0) is 13.1. The van der Waals surface area contributed by atoms with Crippen LogP contribution in [0.1, 0.15) is 0 Å². The summed E-state index contributed by atoms with van der Waals surface area (Å²) in [7, 11) is -3.89. The SMILES string of the molecule is CSc1cc(Br)ccc1S(=O)(=O)NCC(F)F. The molecule has 0 amide bonds. The Balaban J connectivity index is 3.06. The van der Waals surface area contributed by atoms with Gasteiger partial charge in [-0.15, -0.1) is 11.8 Å². The monoisotopic (exact) mass is 345 g/mol. The second-order valence-electron chi connectivity index (χ2n) is 3.04. The molecule has 0 spiro atoms. The Kier molecular flexibility index (Phi) is 5.36. The van der Waals surface area contributed by atoms with Crippen molar-refractivity contribution in [2.24, 2.45) is 0 Å². The Morgan fingerprint density at radius 3 is 2.65 bits per heavy atom. The molecule has 1 aromatic carbocycles. The first kappa shape index (κ1) is 14.9. The normalized spacial score (nSPS) is 12.1. The maximum atomic E-state index is 12.0. The van der Waals surface area contributed by atoms with Gasteiger partial charge in [-0.2, -0.15) is 0 Å². The first-order chi connectivity index (χ1) is 7.86. The largest absolute Gasteiger partial charge is 0.251 e. The van der Waals surface area contributed by atoms with Crippen LogP contribution in [0.2, 0.25) is 0 Å². The van der Waals surface area contributed by atoms with E-state index in [4.69, 9.17) is 0 Å². The van der Waals surface area contributed by atoms with Gasteiger partial charge in [-0.1, -0.05) is 15.9 Å². The number of hydrogen-bond acceptors (Lipinski definition) is 3. The highest BCUT2D eigenvalue weighted by molar-refractivity contribution is 9.10. The molecule has 0 saturated carbocycles. The zero-order valence-corrected chi connectivity index (χ0v) is 12.0. The predicted molar refractivity (Wildman–Crippen MR) is 67.1 cm³/mol. The van der Waals surface area contributed by atoms with Gasteiger partial charge >= 0.3 is 0 Å². The lowest BCUT2D eigenvalue weighted by Gasteiger charge is -2.10. The van der Waals surface area contributed by atoms with Crippen LogP contribution in [0.4, 0.5) is 8.78 Å². The minimum absolute atomic E-state index is 0.00819. The Morgan fingerprint density at radius 1 is 1.47 bits per heavy atom. The molecule has 0 fully saturated rings. The molecule has 0 aromatic heterocycles. The van der Waals surface area contributed by atoms with Crippen molar-refractivity contribution in [1.82, 2.24) is 4.72 Å². The highest BCUT2D eigenvalue weighted by Crippen LogP contribution is 2.27. The minimum atomic E-state index is -3.89. The quantitative estimate of drug-likeness (QED) is 0.834. The molecular formula is C9H10BrF2NO2S2. The van der Waals surface area contributed by atoms with Crippen LogP contribution in [-0.4, -0.2) is 27.6 Å². The van der Waals surface area contributed by atoms with Crippen LogP contribution in [-0.2, 0) is 10.0 Å². The molecule has 0 saturated heterocycles. The third-order valence-corrected chi connectivity index (χ3v) is 4.72. The van der Waals surface area contributed by atoms with Crippen molar-refractivity contribution in [2.75, 3.05) is 12.8 Å². The Labute approximate surface area is 111 Å². The van der Waals surface area contributed by atoms with Gasteiger partial charge in [-0.3, -0.25) is 0 Å². The van der Waals surface area contributed by atoms with Crippen LogP contribution in [0.5, 0.6) is 0 Å². The summed E-state index contributed by atoms with van der Waals surface area (Å²) in [6.45, 7) is -0.883. The molecule has 3 nitrogen and oxygen atoms in total. The lowest BCUT2D eigenvalue weighted by atomic mass is 10.4. The summed E-state index contributed by atoms with van der Waals surface area (Å²) in [6.07, 6.45) is -0.994. The predicted octanol–water partition coefficient (Wildman–Crippen LogP) is 2.71. The van der Waals surface area contributed by atoms with E-state index in [9.17, 15) is 17.2 Å². The summed E-state index contributed by atoms with van der Waals surface area (Å²) < 4.78 is 50.1. The van der Waals surface area contributed by atoms with Gasteiger partial charge < -0.3 is 0 Å². The summed E-state index contributed by atoms with van der Waals surface area (Å²) in [5.41, 5.74) is 0. The van der Waals surface area contributed by atoms with Gasteiger partial charge in [0.15, 0.2) is 0 Å². The van der Waals surface area contributed by atoms with Crippen LogP contribution >= 0.6 is 27.7 Å². The van der Waals surface area contributed by atoms with Gasteiger partial charge in [0, 0.05) is 9.37 Å². The van der Waals surface area contributed by atoms with E-state index in [1.54, 1.807) is 18.4 Å². The second kappa shape index (κ2) is 6.12. The molecule has 96 valence electrons. The molecule has 0 heterocycles. The van der Waals surface area contributed by atoms with E-state index >= 15 is 0 Å². The van der Waals surface area contributed by atoms with E-state index < -0.39 is 23.0 Å². The molecular weight excluding hydrogens is 336 g/mol. The molecule has 8 heteroatoms. The van der Waals surface area contributed by atoms with Crippen LogP contribution in [0.15, 0.2) is 32.5 Å². The third-order valence-electron chi connectivity index (χ3n) is 1.84. The molecule has 0 unspecified atom stereocenters. The molecule has 0 bridgehead atoms. The topological polar surface area (TPSA) is 46.2 Å². The first-order valence-electron chi connectivity index (χ1n) is 4.48. The van der Waals surface area contributed by atoms with Crippen molar-refractivity contribution >= 4 is 37.7 Å². The summed E-state index contributed by atoms with van der Waals surface area (Å²) >= 11 is 4.45. The van der Waals surface area contributed by atoms with Gasteiger partial charge in [-0.05, 0) is 24.5 Å². The maximum Gasteiger partial charge on any atom is 0.251 e. The summed E-state index contributed by atoms with van der Waals surface area (Å²) in [6, 6.07) is 4.56. The van der Waals surface area contributed by atoms with Crippen LogP contribution in [0.3, 0.4) is 0 Å². The number of rotatable bonds is 5. The van der Waals surface area contributed by atoms with E-state index in [0.717, 1.165) is 4.47 Å². The molecule has 1 aromatic rings. The van der Waals surface area contributed by atoms with E-state index in [-0.39, 0.29) is 4.90 Å². The fourth-order valence-electron chi connectivity index (χ4n) is 1.11. The summed E-state index contributed by atoms with van der Waals surface area (Å²) in [5.74, 6) is 0. The van der Waals surface area contributed by atoms with Crippen molar-refractivity contribution in [1.29, 1.82) is 0 Å². The molecule has 1 N–H and O–H groups in total. The van der Waals surface area contributed by atoms with Crippen LogP contribution in [0.25, 0.3) is 0 Å². The third kappa shape index (κ3) is 4.20. The molecule has 0 aliphatic heterocycles. The van der Waals surface area contributed by atoms with Crippen molar-refractivity contribution in [3.05, 3.63) is 22.7 Å². The number of benzene rings is 1. The van der Waals surface area contributed by atoms with Gasteiger partial charge in [0.25, 0.3) is 6.43 Å². The number of hydrogen-bond donors (Lipinski definition) is 1. The van der Waals surface area contributed by atoms with Gasteiger partial charge in [0.2, 0.25) is 10.0 Å². The lowest BCUT2D eigenvalue weighted by molar-refractivity contribution is 0.153. The molecule has 0 aliphatic rings. The van der Waals surface area contributed by atoms with Gasteiger partial charge in [-0.25, -0.2) is 21.9 Å². The standard InChI is InChI=1S/C9H10BrF2NO2S2/c1-16-7-4-6(10)2-3-8(7)17(14,15)13-5-9(11)12/h2-4,9,13H,5H2,1H3. The smallest absolute Gasteiger partial charge is 0.209 e. The fraction of sp³-hybridized carbons (Fsp3) is 0.333. The fourth-order valence-corrected chi connectivity index (χ4v) is 3.79. The number of alkyl halides is 2. The molecule has 0 radical (unpaired) electrons. The highest BCUT2D eigenvalue weighted by atomic mass is 79.9.